The van der Waals surface area contributed by atoms with Crippen molar-refractivity contribution < 1.29 is 37.1 Å². The normalized spacial score (nSPS) is 15.7. The fourth-order valence-corrected chi connectivity index (χ4v) is 8.60. The molecule has 0 spiro atoms. The van der Waals surface area contributed by atoms with Crippen molar-refractivity contribution in [3.63, 3.8) is 0 Å². The first-order valence-electron chi connectivity index (χ1n) is 17.3. The van der Waals surface area contributed by atoms with Crippen LogP contribution in [0, 0.1) is 5.92 Å². The molecule has 1 fully saturated rings. The molecule has 0 unspecified atom stereocenters. The first-order chi connectivity index (χ1) is 25.4. The number of ether oxygens (including phenoxy) is 2. The van der Waals surface area contributed by atoms with Crippen molar-refractivity contribution in [1.29, 1.82) is 0 Å². The SMILES string of the molecule is CCN(C1CCC(C(=O)OC)CC1)S(=O)(=O)c1cccc(C(=O)Nc2cc(Br)ccc2C(=O)Nc2ccc(CCc3ccc(C(=O)OC)cc3)cc2)c1. The number of amides is 2. The lowest BCUT2D eigenvalue weighted by molar-refractivity contribution is -0.146. The summed E-state index contributed by atoms with van der Waals surface area (Å²) in [5.41, 5.74) is 3.77. The number of carbonyl (C=O) groups excluding carboxylic acids is 4. The van der Waals surface area contributed by atoms with E-state index in [4.69, 9.17) is 9.47 Å². The fraction of sp³-hybridized carbons (Fsp3) is 0.300. The molecule has 4 aromatic rings. The van der Waals surface area contributed by atoms with Crippen LogP contribution in [0.3, 0.4) is 0 Å². The lowest BCUT2D eigenvalue weighted by Gasteiger charge is -2.34. The van der Waals surface area contributed by atoms with E-state index < -0.39 is 21.8 Å². The van der Waals surface area contributed by atoms with Crippen molar-refractivity contribution in [1.82, 2.24) is 4.31 Å². The smallest absolute Gasteiger partial charge is 0.337 e. The molecule has 2 amide bonds. The van der Waals surface area contributed by atoms with Gasteiger partial charge in [0.1, 0.15) is 0 Å². The van der Waals surface area contributed by atoms with Crippen molar-refractivity contribution in [2.75, 3.05) is 31.4 Å². The molecule has 0 bridgehead atoms. The zero-order valence-electron chi connectivity index (χ0n) is 29.8. The first-order valence-corrected chi connectivity index (χ1v) is 19.5. The number of methoxy groups -OCH3 is 2. The lowest BCUT2D eigenvalue weighted by Crippen LogP contribution is -2.43. The summed E-state index contributed by atoms with van der Waals surface area (Å²) in [5.74, 6) is -1.91. The van der Waals surface area contributed by atoms with Crippen molar-refractivity contribution in [3.8, 4) is 0 Å². The highest BCUT2D eigenvalue weighted by molar-refractivity contribution is 9.10. The maximum Gasteiger partial charge on any atom is 0.337 e. The van der Waals surface area contributed by atoms with Crippen LogP contribution in [-0.2, 0) is 37.1 Å². The Morgan fingerprint density at radius 3 is 2.00 bits per heavy atom. The third-order valence-electron chi connectivity index (χ3n) is 9.42. The molecule has 0 saturated heterocycles. The second kappa shape index (κ2) is 17.8. The van der Waals surface area contributed by atoms with Gasteiger partial charge in [-0.3, -0.25) is 14.4 Å². The molecule has 1 aliphatic carbocycles. The number of carbonyl (C=O) groups is 4. The molecule has 4 aromatic carbocycles. The van der Waals surface area contributed by atoms with Gasteiger partial charge in [0, 0.05) is 28.3 Å². The highest BCUT2D eigenvalue weighted by atomic mass is 79.9. The predicted octanol–water partition coefficient (Wildman–Crippen LogP) is 7.27. The molecule has 278 valence electrons. The van der Waals surface area contributed by atoms with Gasteiger partial charge >= 0.3 is 11.9 Å². The van der Waals surface area contributed by atoms with Crippen molar-refractivity contribution in [2.45, 2.75) is 56.4 Å². The molecule has 0 aliphatic heterocycles. The minimum Gasteiger partial charge on any atom is -0.469 e. The Bertz CT molecular complexity index is 2060. The third kappa shape index (κ3) is 9.78. The summed E-state index contributed by atoms with van der Waals surface area (Å²) in [5, 5.41) is 5.67. The highest BCUT2D eigenvalue weighted by Crippen LogP contribution is 2.32. The van der Waals surface area contributed by atoms with Crippen LogP contribution in [0.4, 0.5) is 11.4 Å². The number of aryl methyl sites for hydroxylation is 2. The molecule has 0 aromatic heterocycles. The minimum atomic E-state index is -3.96. The van der Waals surface area contributed by atoms with E-state index in [1.54, 1.807) is 49.4 Å². The maximum absolute atomic E-state index is 13.8. The van der Waals surface area contributed by atoms with E-state index in [1.165, 1.54) is 42.8 Å². The number of hydrogen-bond donors (Lipinski definition) is 2. The molecular formula is C40H42BrN3O8S. The molecule has 2 N–H and O–H groups in total. The number of anilines is 2. The van der Waals surface area contributed by atoms with Gasteiger partial charge in [0.25, 0.3) is 11.8 Å². The van der Waals surface area contributed by atoms with E-state index in [-0.39, 0.29) is 52.2 Å². The number of nitrogens with zero attached hydrogens (tertiary/aromatic N) is 1. The van der Waals surface area contributed by atoms with Gasteiger partial charge in [0.05, 0.1) is 41.8 Å². The molecule has 1 saturated carbocycles. The molecular weight excluding hydrogens is 762 g/mol. The number of halogens is 1. The van der Waals surface area contributed by atoms with E-state index in [2.05, 4.69) is 26.6 Å². The Morgan fingerprint density at radius 1 is 0.755 bits per heavy atom. The van der Waals surface area contributed by atoms with E-state index in [0.717, 1.165) is 24.0 Å². The summed E-state index contributed by atoms with van der Waals surface area (Å²) in [6.45, 7) is 2.01. The van der Waals surface area contributed by atoms with Crippen LogP contribution in [0.2, 0.25) is 0 Å². The zero-order chi connectivity index (χ0) is 38.1. The van der Waals surface area contributed by atoms with E-state index >= 15 is 0 Å². The number of rotatable bonds is 13. The number of hydrogen-bond acceptors (Lipinski definition) is 8. The average Bonchev–Trinajstić information content (AvgIpc) is 3.17. The van der Waals surface area contributed by atoms with Gasteiger partial charge in [-0.05, 0) is 110 Å². The van der Waals surface area contributed by atoms with Crippen LogP contribution >= 0.6 is 15.9 Å². The Balaban J connectivity index is 1.23. The fourth-order valence-electron chi connectivity index (χ4n) is 6.50. The Hall–Kier alpha value is -4.85. The second-order valence-electron chi connectivity index (χ2n) is 12.7. The monoisotopic (exact) mass is 803 g/mol. The summed E-state index contributed by atoms with van der Waals surface area (Å²) in [4.78, 5) is 50.6. The summed E-state index contributed by atoms with van der Waals surface area (Å²) >= 11 is 3.41. The topological polar surface area (TPSA) is 148 Å². The maximum atomic E-state index is 13.8. The molecule has 5 rings (SSSR count). The second-order valence-corrected chi connectivity index (χ2v) is 15.6. The van der Waals surface area contributed by atoms with Gasteiger partial charge in [0.15, 0.2) is 0 Å². The van der Waals surface area contributed by atoms with Crippen LogP contribution in [-0.4, -0.2) is 63.3 Å². The summed E-state index contributed by atoms with van der Waals surface area (Å²) in [6, 6.07) is 25.2. The van der Waals surface area contributed by atoms with Crippen LogP contribution in [0.15, 0.2) is 100 Å². The van der Waals surface area contributed by atoms with Gasteiger partial charge in [-0.1, -0.05) is 53.2 Å². The largest absolute Gasteiger partial charge is 0.469 e. The molecule has 0 radical (unpaired) electrons. The molecule has 0 atom stereocenters. The van der Waals surface area contributed by atoms with Gasteiger partial charge in [-0.15, -0.1) is 0 Å². The van der Waals surface area contributed by atoms with Crippen molar-refractivity contribution in [3.05, 3.63) is 123 Å². The molecule has 53 heavy (non-hydrogen) atoms. The van der Waals surface area contributed by atoms with E-state index in [9.17, 15) is 27.6 Å². The Morgan fingerprint density at radius 2 is 1.40 bits per heavy atom. The van der Waals surface area contributed by atoms with Crippen LogP contribution in [0.1, 0.15) is 74.8 Å². The Labute approximate surface area is 318 Å². The summed E-state index contributed by atoms with van der Waals surface area (Å²) < 4.78 is 39.3. The van der Waals surface area contributed by atoms with Gasteiger partial charge in [-0.25, -0.2) is 13.2 Å². The van der Waals surface area contributed by atoms with E-state index in [1.807, 2.05) is 24.3 Å². The quantitative estimate of drug-likeness (QED) is 0.134. The number of sulfonamides is 1. The highest BCUT2D eigenvalue weighted by Gasteiger charge is 2.35. The van der Waals surface area contributed by atoms with Crippen molar-refractivity contribution in [2.24, 2.45) is 5.92 Å². The standard InChI is InChI=1S/C40H42BrN3O8S/c1-4-44(33-21-16-29(17-22-33)40(48)52-3)53(49,50)34-7-5-6-30(24-34)37(45)43-36-25-31(41)18-23-35(36)38(46)42-32-19-12-27(13-20-32)9-8-26-10-14-28(15-11-26)39(47)51-2/h5-7,10-15,18-20,23-25,29,33H,4,8-9,16-17,21-22H2,1-3H3,(H,42,46)(H,43,45). The molecule has 11 nitrogen and oxygen atoms in total. The molecule has 13 heteroatoms. The summed E-state index contributed by atoms with van der Waals surface area (Å²) in [7, 11) is -1.26. The average molecular weight is 805 g/mol. The van der Waals surface area contributed by atoms with Gasteiger partial charge in [0.2, 0.25) is 10.0 Å². The lowest BCUT2D eigenvalue weighted by atomic mass is 9.86. The number of nitrogens with one attached hydrogen (secondary N) is 2. The van der Waals surface area contributed by atoms with Gasteiger partial charge < -0.3 is 20.1 Å². The van der Waals surface area contributed by atoms with Crippen molar-refractivity contribution >= 4 is 61.1 Å². The third-order valence-corrected chi connectivity index (χ3v) is 11.9. The number of benzene rings is 4. The first kappa shape index (κ1) is 39.4. The number of esters is 2. The molecule has 1 aliphatic rings. The summed E-state index contributed by atoms with van der Waals surface area (Å²) in [6.07, 6.45) is 3.65. The molecule has 0 heterocycles. The Kier molecular flexibility index (Phi) is 13.2. The van der Waals surface area contributed by atoms with Gasteiger partial charge in [-0.2, -0.15) is 4.31 Å². The van der Waals surface area contributed by atoms with Crippen LogP contribution < -0.4 is 10.6 Å². The van der Waals surface area contributed by atoms with Crippen LogP contribution in [0.25, 0.3) is 0 Å². The predicted molar refractivity (Wildman–Crippen MR) is 205 cm³/mol. The minimum absolute atomic E-state index is 0.0192. The van der Waals surface area contributed by atoms with Crippen LogP contribution in [0.5, 0.6) is 0 Å². The zero-order valence-corrected chi connectivity index (χ0v) is 32.2. The van der Waals surface area contributed by atoms with E-state index in [0.29, 0.717) is 41.4 Å².